The summed E-state index contributed by atoms with van der Waals surface area (Å²) < 4.78 is 0. The molecular formula is C14H17. The maximum Gasteiger partial charge on any atom is 0.0131 e. The van der Waals surface area contributed by atoms with Crippen molar-refractivity contribution in [2.24, 2.45) is 0 Å². The fraction of sp³-hybridized carbons (Fsp3) is 0.214. The predicted molar refractivity (Wildman–Crippen MR) is 64.1 cm³/mol. The van der Waals surface area contributed by atoms with Gasteiger partial charge in [-0.1, -0.05) is 61.9 Å². The molecule has 0 unspecified atom stereocenters. The molecule has 0 bridgehead atoms. The van der Waals surface area contributed by atoms with Gasteiger partial charge in [0.15, 0.2) is 0 Å². The minimum atomic E-state index is 1.30. The van der Waals surface area contributed by atoms with Gasteiger partial charge in [0, 0.05) is 6.42 Å². The van der Waals surface area contributed by atoms with Crippen molar-refractivity contribution in [1.29, 1.82) is 0 Å². The van der Waals surface area contributed by atoms with E-state index in [0.717, 1.165) is 0 Å². The van der Waals surface area contributed by atoms with Crippen LogP contribution in [0.4, 0.5) is 0 Å². The molecule has 0 saturated heterocycles. The van der Waals surface area contributed by atoms with E-state index in [2.05, 4.69) is 55.8 Å². The molecule has 0 nitrogen and oxygen atoms in total. The zero-order valence-corrected chi connectivity index (χ0v) is 9.12. The Kier molecular flexibility index (Phi) is 4.18. The molecule has 0 fully saturated rings. The fourth-order valence-electron chi connectivity index (χ4n) is 1.37. The van der Waals surface area contributed by atoms with Gasteiger partial charge < -0.3 is 0 Å². The summed E-state index contributed by atoms with van der Waals surface area (Å²) in [7, 11) is 0. The Morgan fingerprint density at radius 1 is 0.857 bits per heavy atom. The highest BCUT2D eigenvalue weighted by Gasteiger charge is 1.99. The van der Waals surface area contributed by atoms with Crippen molar-refractivity contribution in [3.05, 3.63) is 59.5 Å². The molecule has 0 amide bonds. The van der Waals surface area contributed by atoms with Crippen LogP contribution in [0.5, 0.6) is 0 Å². The van der Waals surface area contributed by atoms with Crippen LogP contribution in [0.25, 0.3) is 6.08 Å². The highest BCUT2D eigenvalue weighted by atomic mass is 14.0. The van der Waals surface area contributed by atoms with Crippen LogP contribution in [0.15, 0.2) is 36.4 Å². The molecule has 0 aromatic heterocycles. The zero-order chi connectivity index (χ0) is 10.4. The van der Waals surface area contributed by atoms with Crippen molar-refractivity contribution in [2.45, 2.75) is 20.8 Å². The van der Waals surface area contributed by atoms with E-state index in [4.69, 9.17) is 0 Å². The van der Waals surface area contributed by atoms with Gasteiger partial charge in [0.1, 0.15) is 0 Å². The van der Waals surface area contributed by atoms with Gasteiger partial charge in [-0.2, -0.15) is 0 Å². The lowest BCUT2D eigenvalue weighted by Gasteiger charge is -2.02. The molecule has 73 valence electrons. The van der Waals surface area contributed by atoms with Crippen LogP contribution in [-0.2, 0) is 0 Å². The molecule has 0 atom stereocenters. The monoisotopic (exact) mass is 185 g/mol. The zero-order valence-electron chi connectivity index (χ0n) is 9.12. The van der Waals surface area contributed by atoms with Crippen LogP contribution < -0.4 is 0 Å². The summed E-state index contributed by atoms with van der Waals surface area (Å²) in [4.78, 5) is 0. The summed E-state index contributed by atoms with van der Waals surface area (Å²) >= 11 is 0. The van der Waals surface area contributed by atoms with Gasteiger partial charge in [-0.25, -0.2) is 0 Å². The van der Waals surface area contributed by atoms with E-state index in [0.29, 0.717) is 0 Å². The van der Waals surface area contributed by atoms with E-state index in [-0.39, 0.29) is 0 Å². The molecule has 0 N–H and O–H groups in total. The number of hydrogen-bond acceptors (Lipinski definition) is 0. The van der Waals surface area contributed by atoms with Crippen molar-refractivity contribution in [2.75, 3.05) is 0 Å². The Morgan fingerprint density at radius 2 is 1.64 bits per heavy atom. The number of benzene rings is 1. The van der Waals surface area contributed by atoms with Crippen LogP contribution in [0.2, 0.25) is 0 Å². The van der Waals surface area contributed by atoms with E-state index in [1.807, 2.05) is 13.8 Å². The van der Waals surface area contributed by atoms with Gasteiger partial charge in [-0.15, -0.1) is 0 Å². The number of aryl methyl sites for hydroxylation is 1. The van der Waals surface area contributed by atoms with E-state index in [1.165, 1.54) is 16.7 Å². The predicted octanol–water partition coefficient (Wildman–Crippen LogP) is 4.16. The van der Waals surface area contributed by atoms with E-state index in [9.17, 15) is 0 Å². The van der Waals surface area contributed by atoms with E-state index in [1.54, 1.807) is 0 Å². The summed E-state index contributed by atoms with van der Waals surface area (Å²) in [5, 5.41) is 0. The lowest BCUT2D eigenvalue weighted by Crippen LogP contribution is -1.84. The molecule has 1 aromatic carbocycles. The van der Waals surface area contributed by atoms with Gasteiger partial charge in [-0.05, 0) is 18.1 Å². The third-order valence-electron chi connectivity index (χ3n) is 2.02. The summed E-state index contributed by atoms with van der Waals surface area (Å²) in [5.74, 6) is 0. The van der Waals surface area contributed by atoms with Gasteiger partial charge >= 0.3 is 0 Å². The molecule has 0 spiro atoms. The maximum atomic E-state index is 2.20. The second-order valence-corrected chi connectivity index (χ2v) is 3.04. The summed E-state index contributed by atoms with van der Waals surface area (Å²) in [6, 6.07) is 6.50. The third kappa shape index (κ3) is 2.59. The van der Waals surface area contributed by atoms with Crippen molar-refractivity contribution in [3.63, 3.8) is 0 Å². The molecule has 1 aliphatic carbocycles. The van der Waals surface area contributed by atoms with Crippen molar-refractivity contribution in [3.8, 4) is 0 Å². The largest absolute Gasteiger partial charge is 0.0761 e. The Labute approximate surface area is 87.0 Å². The minimum absolute atomic E-state index is 1.30. The lowest BCUT2D eigenvalue weighted by atomic mass is 10.0. The molecule has 0 heteroatoms. The van der Waals surface area contributed by atoms with Crippen LogP contribution in [0.3, 0.4) is 0 Å². The summed E-state index contributed by atoms with van der Waals surface area (Å²) in [6.07, 6.45) is 10.5. The molecule has 0 aliphatic heterocycles. The average molecular weight is 185 g/mol. The number of allylic oxidation sites excluding steroid dienone is 3. The van der Waals surface area contributed by atoms with Gasteiger partial charge in [0.05, 0.1) is 0 Å². The first kappa shape index (κ1) is 10.8. The molecule has 0 saturated carbocycles. The van der Waals surface area contributed by atoms with Crippen LogP contribution >= 0.6 is 0 Å². The van der Waals surface area contributed by atoms with Crippen molar-refractivity contribution in [1.82, 2.24) is 0 Å². The molecule has 1 radical (unpaired) electrons. The SMILES string of the molecule is CC.Cc1ccc2c(c1)C=CC=C[CH]2. The first-order valence-corrected chi connectivity index (χ1v) is 5.15. The van der Waals surface area contributed by atoms with Gasteiger partial charge in [-0.3, -0.25) is 0 Å². The van der Waals surface area contributed by atoms with Crippen LogP contribution in [-0.4, -0.2) is 0 Å². The third-order valence-corrected chi connectivity index (χ3v) is 2.02. The second-order valence-electron chi connectivity index (χ2n) is 3.04. The topological polar surface area (TPSA) is 0 Å². The standard InChI is InChI=1S/C12H11.C2H6/c1-10-7-8-11-5-3-2-4-6-12(11)9-10;1-2/h2-9H,1H3;1-2H3. The molecule has 0 heterocycles. The highest BCUT2D eigenvalue weighted by molar-refractivity contribution is 5.61. The minimum Gasteiger partial charge on any atom is -0.0761 e. The number of hydrogen-bond donors (Lipinski definition) is 0. The molecule has 14 heavy (non-hydrogen) atoms. The quantitative estimate of drug-likeness (QED) is 0.569. The number of rotatable bonds is 0. The Hall–Kier alpha value is -1.30. The lowest BCUT2D eigenvalue weighted by molar-refractivity contribution is 1.41. The Bertz CT molecular complexity index is 343. The van der Waals surface area contributed by atoms with Gasteiger partial charge in [0.2, 0.25) is 0 Å². The number of fused-ring (bicyclic) bond motifs is 1. The second kappa shape index (κ2) is 5.43. The smallest absolute Gasteiger partial charge is 0.0131 e. The highest BCUT2D eigenvalue weighted by Crippen LogP contribution is 2.17. The average Bonchev–Trinajstić information content (AvgIpc) is 2.45. The van der Waals surface area contributed by atoms with E-state index >= 15 is 0 Å². The summed E-state index contributed by atoms with van der Waals surface area (Å²) in [6.45, 7) is 6.12. The Balaban J connectivity index is 0.000000461. The normalized spacial score (nSPS) is 12.5. The van der Waals surface area contributed by atoms with Crippen LogP contribution in [0.1, 0.15) is 30.5 Å². The van der Waals surface area contributed by atoms with Crippen molar-refractivity contribution >= 4 is 6.08 Å². The van der Waals surface area contributed by atoms with Crippen molar-refractivity contribution < 1.29 is 0 Å². The fourth-order valence-corrected chi connectivity index (χ4v) is 1.37. The summed E-state index contributed by atoms with van der Waals surface area (Å²) in [5.41, 5.74) is 3.92. The van der Waals surface area contributed by atoms with Gasteiger partial charge in [0.25, 0.3) is 0 Å². The first-order valence-electron chi connectivity index (χ1n) is 5.15. The molecule has 2 rings (SSSR count). The first-order chi connectivity index (χ1) is 6.86. The van der Waals surface area contributed by atoms with E-state index < -0.39 is 0 Å². The maximum absolute atomic E-state index is 2.20. The molecular weight excluding hydrogens is 168 g/mol. The Morgan fingerprint density at radius 3 is 2.43 bits per heavy atom. The molecule has 1 aromatic rings. The molecule has 1 aliphatic rings. The van der Waals surface area contributed by atoms with Crippen LogP contribution in [0, 0.1) is 13.3 Å².